The molecular formula is C15H25N3O. The van der Waals surface area contributed by atoms with Crippen LogP contribution in [0.25, 0.3) is 0 Å². The molecule has 0 aromatic rings. The number of nitrogens with two attached hydrogens (primary N) is 1. The molecule has 0 saturated heterocycles. The summed E-state index contributed by atoms with van der Waals surface area (Å²) in [4.78, 5) is 14.2. The van der Waals surface area contributed by atoms with E-state index in [2.05, 4.69) is 18.5 Å². The van der Waals surface area contributed by atoms with Gasteiger partial charge in [0.25, 0.3) is 5.91 Å². The van der Waals surface area contributed by atoms with Gasteiger partial charge in [-0.3, -0.25) is 4.79 Å². The molecule has 0 aromatic carbocycles. The van der Waals surface area contributed by atoms with Gasteiger partial charge in [0.2, 0.25) is 0 Å². The van der Waals surface area contributed by atoms with Gasteiger partial charge in [0.1, 0.15) is 0 Å². The molecule has 19 heavy (non-hydrogen) atoms. The highest BCUT2D eigenvalue weighted by molar-refractivity contribution is 5.96. The molecule has 0 fully saturated rings. The van der Waals surface area contributed by atoms with Crippen LogP contribution in [-0.2, 0) is 4.79 Å². The standard InChI is InChI=1S/C15H25N3O/c1-5-8-13(12-14(16)7-3)15(19)18(10-6-2)11-9-17-4/h5,7-8,12,17H,1,3,6,9-11,16H2,2,4H3/b13-8+,14-12+. The summed E-state index contributed by atoms with van der Waals surface area (Å²) in [5.41, 5.74) is 6.69. The molecule has 3 N–H and O–H groups in total. The fraction of sp³-hybridized carbons (Fsp3) is 0.400. The number of carbonyl (C=O) groups excluding carboxylic acids is 1. The first-order chi connectivity index (χ1) is 9.10. The molecule has 0 aromatic heterocycles. The average molecular weight is 263 g/mol. The third kappa shape index (κ3) is 6.62. The lowest BCUT2D eigenvalue weighted by Crippen LogP contribution is -2.37. The van der Waals surface area contributed by atoms with E-state index in [-0.39, 0.29) is 5.91 Å². The van der Waals surface area contributed by atoms with Crippen molar-refractivity contribution in [3.05, 3.63) is 48.7 Å². The zero-order chi connectivity index (χ0) is 14.7. The molecule has 4 nitrogen and oxygen atoms in total. The lowest BCUT2D eigenvalue weighted by Gasteiger charge is -2.22. The molecule has 0 aliphatic carbocycles. The van der Waals surface area contributed by atoms with Gasteiger partial charge in [-0.2, -0.15) is 0 Å². The molecule has 106 valence electrons. The predicted octanol–water partition coefficient (Wildman–Crippen LogP) is 1.59. The summed E-state index contributed by atoms with van der Waals surface area (Å²) in [6, 6.07) is 0. The van der Waals surface area contributed by atoms with E-state index in [1.165, 1.54) is 6.08 Å². The maximum Gasteiger partial charge on any atom is 0.253 e. The van der Waals surface area contributed by atoms with E-state index in [0.29, 0.717) is 17.8 Å². The zero-order valence-corrected chi connectivity index (χ0v) is 12.0. The minimum absolute atomic E-state index is 0.0400. The molecule has 0 aliphatic heterocycles. The third-order valence-electron chi connectivity index (χ3n) is 2.51. The first-order valence-corrected chi connectivity index (χ1v) is 6.46. The number of carbonyl (C=O) groups is 1. The number of hydrogen-bond donors (Lipinski definition) is 2. The van der Waals surface area contributed by atoms with Crippen LogP contribution in [0.15, 0.2) is 48.7 Å². The number of likely N-dealkylation sites (N-methyl/N-ethyl adjacent to an activating group) is 1. The molecule has 1 amide bonds. The molecule has 0 bridgehead atoms. The van der Waals surface area contributed by atoms with Crippen molar-refractivity contribution in [1.29, 1.82) is 0 Å². The summed E-state index contributed by atoms with van der Waals surface area (Å²) in [6.45, 7) is 11.4. The summed E-state index contributed by atoms with van der Waals surface area (Å²) >= 11 is 0. The van der Waals surface area contributed by atoms with E-state index >= 15 is 0 Å². The molecule has 0 saturated carbocycles. The van der Waals surface area contributed by atoms with Crippen LogP contribution in [0.2, 0.25) is 0 Å². The smallest absolute Gasteiger partial charge is 0.253 e. The predicted molar refractivity (Wildman–Crippen MR) is 81.5 cm³/mol. The van der Waals surface area contributed by atoms with Crippen molar-refractivity contribution in [3.8, 4) is 0 Å². The van der Waals surface area contributed by atoms with Crippen LogP contribution in [0.4, 0.5) is 0 Å². The van der Waals surface area contributed by atoms with Gasteiger partial charge in [0.05, 0.1) is 0 Å². The highest BCUT2D eigenvalue weighted by Gasteiger charge is 2.15. The average Bonchev–Trinajstić information content (AvgIpc) is 2.42. The Labute approximate surface area is 116 Å². The molecule has 0 heterocycles. The highest BCUT2D eigenvalue weighted by Crippen LogP contribution is 2.07. The van der Waals surface area contributed by atoms with Crippen molar-refractivity contribution in [1.82, 2.24) is 10.2 Å². The lowest BCUT2D eigenvalue weighted by molar-refractivity contribution is -0.126. The number of rotatable bonds is 9. The fourth-order valence-electron chi connectivity index (χ4n) is 1.56. The van der Waals surface area contributed by atoms with Crippen molar-refractivity contribution >= 4 is 5.91 Å². The summed E-state index contributed by atoms with van der Waals surface area (Å²) < 4.78 is 0. The van der Waals surface area contributed by atoms with Crippen LogP contribution in [0, 0.1) is 0 Å². The van der Waals surface area contributed by atoms with Crippen molar-refractivity contribution < 1.29 is 4.79 Å². The van der Waals surface area contributed by atoms with Gasteiger partial charge >= 0.3 is 0 Å². The molecule has 0 unspecified atom stereocenters. The second-order valence-corrected chi connectivity index (χ2v) is 4.10. The van der Waals surface area contributed by atoms with Crippen molar-refractivity contribution in [2.24, 2.45) is 5.73 Å². The van der Waals surface area contributed by atoms with Gasteiger partial charge in [-0.15, -0.1) is 0 Å². The molecule has 0 rings (SSSR count). The van der Waals surface area contributed by atoms with E-state index < -0.39 is 0 Å². The van der Waals surface area contributed by atoms with Crippen LogP contribution >= 0.6 is 0 Å². The van der Waals surface area contributed by atoms with Gasteiger partial charge < -0.3 is 16.0 Å². The van der Waals surface area contributed by atoms with Crippen molar-refractivity contribution in [2.75, 3.05) is 26.7 Å². The molecule has 0 spiro atoms. The normalized spacial score (nSPS) is 12.1. The van der Waals surface area contributed by atoms with Crippen LogP contribution in [0.5, 0.6) is 0 Å². The monoisotopic (exact) mass is 263 g/mol. The van der Waals surface area contributed by atoms with Gasteiger partial charge in [-0.05, 0) is 31.7 Å². The third-order valence-corrected chi connectivity index (χ3v) is 2.51. The van der Waals surface area contributed by atoms with Gasteiger partial charge in [-0.25, -0.2) is 0 Å². The first kappa shape index (κ1) is 17.2. The van der Waals surface area contributed by atoms with Crippen LogP contribution < -0.4 is 11.1 Å². The highest BCUT2D eigenvalue weighted by atomic mass is 16.2. The number of amides is 1. The number of allylic oxidation sites excluding steroid dienone is 3. The fourth-order valence-corrected chi connectivity index (χ4v) is 1.56. The Hall–Kier alpha value is -1.81. The summed E-state index contributed by atoms with van der Waals surface area (Å²) in [5.74, 6) is -0.0400. The molecule has 0 aliphatic rings. The Kier molecular flexibility index (Phi) is 9.18. The van der Waals surface area contributed by atoms with Gasteiger partial charge in [0.15, 0.2) is 0 Å². The minimum Gasteiger partial charge on any atom is -0.399 e. The Morgan fingerprint density at radius 2 is 2.05 bits per heavy atom. The SMILES string of the molecule is C=C/C=C(\C=C(\N)C=C)C(=O)N(CCC)CCNC. The van der Waals surface area contributed by atoms with Gasteiger partial charge in [-0.1, -0.05) is 26.2 Å². The van der Waals surface area contributed by atoms with Crippen LogP contribution in [0.1, 0.15) is 13.3 Å². The number of nitrogens with one attached hydrogen (secondary N) is 1. The van der Waals surface area contributed by atoms with Gasteiger partial charge in [0, 0.05) is 30.9 Å². The van der Waals surface area contributed by atoms with E-state index in [4.69, 9.17) is 5.73 Å². The summed E-state index contributed by atoms with van der Waals surface area (Å²) in [5, 5.41) is 3.04. The van der Waals surface area contributed by atoms with E-state index in [1.807, 2.05) is 14.0 Å². The van der Waals surface area contributed by atoms with E-state index in [0.717, 1.165) is 19.5 Å². The largest absolute Gasteiger partial charge is 0.399 e. The summed E-state index contributed by atoms with van der Waals surface area (Å²) in [7, 11) is 1.87. The Morgan fingerprint density at radius 3 is 2.53 bits per heavy atom. The minimum atomic E-state index is -0.0400. The van der Waals surface area contributed by atoms with E-state index in [9.17, 15) is 4.79 Å². The Bertz CT molecular complexity index is 370. The molecule has 4 heteroatoms. The Balaban J connectivity index is 5.07. The van der Waals surface area contributed by atoms with Crippen LogP contribution in [0.3, 0.4) is 0 Å². The van der Waals surface area contributed by atoms with Crippen molar-refractivity contribution in [2.45, 2.75) is 13.3 Å². The maximum atomic E-state index is 12.4. The van der Waals surface area contributed by atoms with Crippen molar-refractivity contribution in [3.63, 3.8) is 0 Å². The number of nitrogens with zero attached hydrogens (tertiary/aromatic N) is 1. The molecule has 0 radical (unpaired) electrons. The second-order valence-electron chi connectivity index (χ2n) is 4.10. The zero-order valence-electron chi connectivity index (χ0n) is 12.0. The maximum absolute atomic E-state index is 12.4. The first-order valence-electron chi connectivity index (χ1n) is 6.46. The van der Waals surface area contributed by atoms with Crippen LogP contribution in [-0.4, -0.2) is 37.5 Å². The van der Waals surface area contributed by atoms with E-state index in [1.54, 1.807) is 23.1 Å². The molecular weight excluding hydrogens is 238 g/mol. The quantitative estimate of drug-likeness (QED) is 0.490. The topological polar surface area (TPSA) is 58.4 Å². The Morgan fingerprint density at radius 1 is 1.37 bits per heavy atom. The number of hydrogen-bond acceptors (Lipinski definition) is 3. The molecule has 0 atom stereocenters. The summed E-state index contributed by atoms with van der Waals surface area (Å²) in [6.07, 6.45) is 7.31. The second kappa shape index (κ2) is 10.1. The lowest BCUT2D eigenvalue weighted by atomic mass is 10.1.